The molecule has 0 bridgehead atoms. The Bertz CT molecular complexity index is 591. The Morgan fingerprint density at radius 1 is 1.45 bits per heavy atom. The van der Waals surface area contributed by atoms with Crippen LogP contribution >= 0.6 is 11.6 Å². The first kappa shape index (κ1) is 14.8. The molecule has 0 amide bonds. The first-order valence-corrected chi connectivity index (χ1v) is 7.89. The number of hydrogen-bond donors (Lipinski definition) is 1. The van der Waals surface area contributed by atoms with Crippen LogP contribution in [0.3, 0.4) is 0 Å². The maximum Gasteiger partial charge on any atom is 0.258 e. The maximum absolute atomic E-state index is 11.3. The van der Waals surface area contributed by atoms with Crippen molar-refractivity contribution in [3.8, 4) is 5.95 Å². The zero-order valence-electron chi connectivity index (χ0n) is 11.0. The fraction of sp³-hybridized carbons (Fsp3) is 0.500. The molecule has 2 aromatic heterocycles. The summed E-state index contributed by atoms with van der Waals surface area (Å²) in [5.41, 5.74) is 0. The fourth-order valence-corrected chi connectivity index (χ4v) is 1.99. The predicted octanol–water partition coefficient (Wildman–Crippen LogP) is 0.675. The quantitative estimate of drug-likeness (QED) is 0.836. The normalized spacial score (nSPS) is 13.9. The summed E-state index contributed by atoms with van der Waals surface area (Å²) < 4.78 is 12.6. The van der Waals surface area contributed by atoms with Gasteiger partial charge in [-0.25, -0.2) is 4.98 Å². The minimum absolute atomic E-state index is 0.0696. The number of hydrogen-bond acceptors (Lipinski definition) is 7. The summed E-state index contributed by atoms with van der Waals surface area (Å²) in [6, 6.07) is 0. The highest BCUT2D eigenvalue weighted by molar-refractivity contribution is 7.84. The Hall–Kier alpha value is -1.61. The van der Waals surface area contributed by atoms with Crippen LogP contribution in [-0.4, -0.2) is 52.0 Å². The van der Waals surface area contributed by atoms with Crippen molar-refractivity contribution in [3.05, 3.63) is 17.9 Å². The van der Waals surface area contributed by atoms with Gasteiger partial charge in [0.25, 0.3) is 5.95 Å². The minimum atomic E-state index is -0.843. The lowest BCUT2D eigenvalue weighted by Crippen LogP contribution is -2.16. The predicted molar refractivity (Wildman–Crippen MR) is 76.4 cm³/mol. The van der Waals surface area contributed by atoms with Crippen LogP contribution in [0.4, 0.5) is 5.95 Å². The van der Waals surface area contributed by atoms with E-state index >= 15 is 0 Å². The molecular weight excluding hydrogens is 302 g/mol. The van der Waals surface area contributed by atoms with Gasteiger partial charge in [-0.2, -0.15) is 24.7 Å². The number of aromatic nitrogens is 6. The topological polar surface area (TPSA) is 98.5 Å². The Morgan fingerprint density at radius 3 is 2.90 bits per heavy atom. The zero-order chi connectivity index (χ0) is 14.5. The lowest BCUT2D eigenvalue weighted by Gasteiger charge is -2.09. The lowest BCUT2D eigenvalue weighted by molar-refractivity contribution is 0.672. The summed E-state index contributed by atoms with van der Waals surface area (Å²) in [4.78, 5) is 15.9. The summed E-state index contributed by atoms with van der Waals surface area (Å²) in [5.74, 6) is 0.640. The third-order valence-corrected chi connectivity index (χ3v) is 4.16. The van der Waals surface area contributed by atoms with Gasteiger partial charge in [-0.1, -0.05) is 6.92 Å². The first-order chi connectivity index (χ1) is 9.56. The third kappa shape index (κ3) is 3.94. The van der Waals surface area contributed by atoms with E-state index in [1.54, 1.807) is 6.26 Å². The average Bonchev–Trinajstić information content (AvgIpc) is 2.91. The van der Waals surface area contributed by atoms with Crippen LogP contribution in [-0.2, 0) is 10.8 Å². The molecular formula is C10H14ClN7OS. The van der Waals surface area contributed by atoms with Crippen LogP contribution < -0.4 is 5.32 Å². The highest BCUT2D eigenvalue weighted by Gasteiger charge is 2.09. The first-order valence-electron chi connectivity index (χ1n) is 5.89. The van der Waals surface area contributed by atoms with Gasteiger partial charge in [0.05, 0.1) is 0 Å². The highest BCUT2D eigenvalue weighted by atomic mass is 35.5. The van der Waals surface area contributed by atoms with Crippen LogP contribution in [0.25, 0.3) is 5.95 Å². The van der Waals surface area contributed by atoms with Gasteiger partial charge >= 0.3 is 0 Å². The lowest BCUT2D eigenvalue weighted by atomic mass is 10.3. The van der Waals surface area contributed by atoms with Crippen molar-refractivity contribution >= 4 is 28.3 Å². The Kier molecular flexibility index (Phi) is 4.96. The minimum Gasteiger partial charge on any atom is -0.354 e. The summed E-state index contributed by atoms with van der Waals surface area (Å²) in [7, 11) is -0.843. The molecule has 1 N–H and O–H groups in total. The number of anilines is 1. The molecule has 0 aliphatic rings. The standard InChI is InChI=1S/C10H14ClN7OS/c1-7(20(2)19)3-4-13-9-15-8(11)16-10(17-9)18-6-12-5-14-18/h5-7H,3-4H2,1-2H3,(H,13,15,16,17). The molecule has 10 heteroatoms. The molecule has 108 valence electrons. The van der Waals surface area contributed by atoms with E-state index in [4.69, 9.17) is 11.6 Å². The largest absolute Gasteiger partial charge is 0.354 e. The molecule has 8 nitrogen and oxygen atoms in total. The van der Waals surface area contributed by atoms with Crippen molar-refractivity contribution < 1.29 is 4.21 Å². The van der Waals surface area contributed by atoms with Crippen molar-refractivity contribution in [3.63, 3.8) is 0 Å². The van der Waals surface area contributed by atoms with E-state index in [0.717, 1.165) is 6.42 Å². The monoisotopic (exact) mass is 315 g/mol. The Morgan fingerprint density at radius 2 is 2.25 bits per heavy atom. The van der Waals surface area contributed by atoms with Crippen molar-refractivity contribution in [1.29, 1.82) is 0 Å². The second-order valence-corrected chi connectivity index (χ2v) is 6.23. The van der Waals surface area contributed by atoms with Crippen LogP contribution in [0.2, 0.25) is 5.28 Å². The highest BCUT2D eigenvalue weighted by Crippen LogP contribution is 2.09. The van der Waals surface area contributed by atoms with Crippen molar-refractivity contribution in [2.75, 3.05) is 18.1 Å². The van der Waals surface area contributed by atoms with E-state index in [1.165, 1.54) is 17.3 Å². The van der Waals surface area contributed by atoms with Crippen LogP contribution in [0.1, 0.15) is 13.3 Å². The van der Waals surface area contributed by atoms with Gasteiger partial charge in [0.1, 0.15) is 12.7 Å². The molecule has 20 heavy (non-hydrogen) atoms. The molecule has 2 aromatic rings. The molecule has 0 saturated heterocycles. The molecule has 0 aliphatic carbocycles. The van der Waals surface area contributed by atoms with Crippen molar-refractivity contribution in [2.45, 2.75) is 18.6 Å². The second-order valence-electron chi connectivity index (χ2n) is 4.09. The Labute approximate surface area is 123 Å². The molecule has 0 saturated carbocycles. The fourth-order valence-electron chi connectivity index (χ4n) is 1.39. The number of nitrogens with zero attached hydrogens (tertiary/aromatic N) is 6. The third-order valence-electron chi connectivity index (χ3n) is 2.62. The van der Waals surface area contributed by atoms with Gasteiger partial charge in [-0.3, -0.25) is 4.21 Å². The molecule has 2 atom stereocenters. The summed E-state index contributed by atoms with van der Waals surface area (Å²) in [6.07, 6.45) is 5.28. The molecule has 2 rings (SSSR count). The summed E-state index contributed by atoms with van der Waals surface area (Å²) in [6.45, 7) is 2.52. The average molecular weight is 316 g/mol. The van der Waals surface area contributed by atoms with Crippen LogP contribution in [0, 0.1) is 0 Å². The zero-order valence-corrected chi connectivity index (χ0v) is 12.6. The van der Waals surface area contributed by atoms with Crippen LogP contribution in [0.5, 0.6) is 0 Å². The van der Waals surface area contributed by atoms with E-state index in [1.807, 2.05) is 6.92 Å². The van der Waals surface area contributed by atoms with E-state index in [0.29, 0.717) is 12.5 Å². The number of halogens is 1. The van der Waals surface area contributed by atoms with Crippen molar-refractivity contribution in [1.82, 2.24) is 29.7 Å². The van der Waals surface area contributed by atoms with E-state index < -0.39 is 10.8 Å². The molecule has 0 radical (unpaired) electrons. The molecule has 0 aliphatic heterocycles. The Balaban J connectivity index is 2.03. The summed E-state index contributed by atoms with van der Waals surface area (Å²) >= 11 is 5.85. The maximum atomic E-state index is 11.3. The van der Waals surface area contributed by atoms with Gasteiger partial charge < -0.3 is 5.32 Å². The van der Waals surface area contributed by atoms with E-state index in [9.17, 15) is 4.21 Å². The smallest absolute Gasteiger partial charge is 0.258 e. The molecule has 0 spiro atoms. The van der Waals surface area contributed by atoms with Gasteiger partial charge in [0.15, 0.2) is 0 Å². The van der Waals surface area contributed by atoms with E-state index in [-0.39, 0.29) is 16.5 Å². The number of rotatable bonds is 6. The van der Waals surface area contributed by atoms with Gasteiger partial charge in [0.2, 0.25) is 11.2 Å². The second kappa shape index (κ2) is 6.71. The van der Waals surface area contributed by atoms with Gasteiger partial charge in [-0.15, -0.1) is 0 Å². The molecule has 2 unspecified atom stereocenters. The number of nitrogens with one attached hydrogen (secondary N) is 1. The van der Waals surface area contributed by atoms with Gasteiger partial charge in [-0.05, 0) is 18.0 Å². The van der Waals surface area contributed by atoms with E-state index in [2.05, 4.69) is 30.4 Å². The molecule has 0 fully saturated rings. The van der Waals surface area contributed by atoms with Gasteiger partial charge in [0, 0.05) is 28.9 Å². The molecule has 0 aromatic carbocycles. The summed E-state index contributed by atoms with van der Waals surface area (Å²) in [5, 5.41) is 7.13. The van der Waals surface area contributed by atoms with Crippen molar-refractivity contribution in [2.24, 2.45) is 0 Å². The SMILES string of the molecule is CC(CCNc1nc(Cl)nc(-n2cncn2)n1)S(C)=O. The molecule has 2 heterocycles. The van der Waals surface area contributed by atoms with Crippen LogP contribution in [0.15, 0.2) is 12.7 Å².